The monoisotopic (exact) mass is 420 g/mol. The summed E-state index contributed by atoms with van der Waals surface area (Å²) in [6, 6.07) is 15.9. The van der Waals surface area contributed by atoms with Crippen molar-refractivity contribution >= 4 is 35.2 Å². The van der Waals surface area contributed by atoms with Crippen LogP contribution in [0.1, 0.15) is 19.4 Å². The molecule has 2 aliphatic heterocycles. The van der Waals surface area contributed by atoms with Gasteiger partial charge in [0, 0.05) is 30.7 Å². The molecule has 0 radical (unpaired) electrons. The van der Waals surface area contributed by atoms with Gasteiger partial charge in [0.05, 0.1) is 11.4 Å². The lowest BCUT2D eigenvalue weighted by molar-refractivity contribution is -0.143. The van der Waals surface area contributed by atoms with Gasteiger partial charge in [-0.05, 0) is 35.9 Å². The Hall–Kier alpha value is -3.37. The fraction of sp³-hybridized carbons (Fsp3) is 0.217. The summed E-state index contributed by atoms with van der Waals surface area (Å²) >= 11 is 1.66. The number of hydrogen-bond donors (Lipinski definition) is 0. The number of para-hydroxylation sites is 1. The van der Waals surface area contributed by atoms with E-state index < -0.39 is 11.8 Å². The number of nitriles is 1. The third-order valence-corrected chi connectivity index (χ3v) is 5.75. The fourth-order valence-corrected chi connectivity index (χ4v) is 4.40. The van der Waals surface area contributed by atoms with E-state index in [-0.39, 0.29) is 12.2 Å². The largest absolute Gasteiger partial charge is 0.457 e. The number of benzene rings is 2. The maximum Gasteiger partial charge on any atom is 0.349 e. The summed E-state index contributed by atoms with van der Waals surface area (Å²) in [5, 5.41) is 9.44. The molecule has 4 rings (SSSR count). The zero-order valence-electron chi connectivity index (χ0n) is 16.8. The molecule has 2 aromatic carbocycles. The lowest BCUT2D eigenvalue weighted by Crippen LogP contribution is -2.21. The van der Waals surface area contributed by atoms with Crippen LogP contribution in [0.2, 0.25) is 0 Å². The average molecular weight is 420 g/mol. The van der Waals surface area contributed by atoms with Crippen LogP contribution in [0.25, 0.3) is 6.08 Å². The number of nitrogens with zero attached hydrogens (tertiary/aromatic N) is 2. The molecule has 2 aromatic rings. The second kappa shape index (κ2) is 7.81. The number of anilines is 2. The predicted molar refractivity (Wildman–Crippen MR) is 114 cm³/mol. The number of carbonyl (C=O) groups is 1. The number of carbonyl (C=O) groups excluding carboxylic acids is 1. The SMILES string of the molecule is CN1c2ccccc2Sc2cc(C=C(C#N)C(=O)OCC3=COC(C)(C)O3)ccc21. The van der Waals surface area contributed by atoms with Crippen LogP contribution >= 0.6 is 11.8 Å². The maximum absolute atomic E-state index is 12.4. The first-order chi connectivity index (χ1) is 14.4. The Balaban J connectivity index is 1.50. The molecule has 6 nitrogen and oxygen atoms in total. The van der Waals surface area contributed by atoms with Crippen LogP contribution < -0.4 is 4.90 Å². The first-order valence-electron chi connectivity index (χ1n) is 9.36. The Labute approximate surface area is 179 Å². The van der Waals surface area contributed by atoms with Gasteiger partial charge in [-0.1, -0.05) is 30.0 Å². The molecule has 152 valence electrons. The minimum Gasteiger partial charge on any atom is -0.457 e. The van der Waals surface area contributed by atoms with Gasteiger partial charge in [0.1, 0.15) is 17.9 Å². The summed E-state index contributed by atoms with van der Waals surface area (Å²) in [5.74, 6) is -1.08. The van der Waals surface area contributed by atoms with Crippen molar-refractivity contribution in [1.29, 1.82) is 5.26 Å². The molecule has 0 unspecified atom stereocenters. The first kappa shape index (κ1) is 19.9. The van der Waals surface area contributed by atoms with E-state index >= 15 is 0 Å². The third kappa shape index (κ3) is 4.00. The molecule has 0 saturated heterocycles. The Morgan fingerprint density at radius 3 is 2.73 bits per heavy atom. The lowest BCUT2D eigenvalue weighted by Gasteiger charge is -2.29. The minimum absolute atomic E-state index is 0.0803. The number of fused-ring (bicyclic) bond motifs is 2. The van der Waals surface area contributed by atoms with E-state index in [0.29, 0.717) is 5.76 Å². The zero-order valence-corrected chi connectivity index (χ0v) is 17.7. The van der Waals surface area contributed by atoms with E-state index in [9.17, 15) is 10.1 Å². The van der Waals surface area contributed by atoms with Crippen molar-refractivity contribution in [2.45, 2.75) is 29.4 Å². The molecule has 0 aromatic heterocycles. The molecule has 7 heteroatoms. The normalized spacial score (nSPS) is 16.4. The predicted octanol–water partition coefficient (Wildman–Crippen LogP) is 4.99. The molecule has 2 heterocycles. The van der Waals surface area contributed by atoms with Crippen molar-refractivity contribution in [1.82, 2.24) is 0 Å². The summed E-state index contributed by atoms with van der Waals surface area (Å²) in [5.41, 5.74) is 2.90. The number of hydrogen-bond acceptors (Lipinski definition) is 7. The highest BCUT2D eigenvalue weighted by molar-refractivity contribution is 7.99. The number of ether oxygens (including phenoxy) is 3. The zero-order chi connectivity index (χ0) is 21.3. The molecule has 0 aliphatic carbocycles. The van der Waals surface area contributed by atoms with Gasteiger partial charge in [0.2, 0.25) is 5.79 Å². The van der Waals surface area contributed by atoms with Crippen LogP contribution in [0.4, 0.5) is 11.4 Å². The van der Waals surface area contributed by atoms with Gasteiger partial charge in [-0.25, -0.2) is 4.79 Å². The molecule has 30 heavy (non-hydrogen) atoms. The van der Waals surface area contributed by atoms with Crippen LogP contribution in [0.15, 0.2) is 69.8 Å². The molecule has 0 N–H and O–H groups in total. The molecule has 2 aliphatic rings. The highest BCUT2D eigenvalue weighted by Crippen LogP contribution is 2.47. The van der Waals surface area contributed by atoms with Crippen molar-refractivity contribution < 1.29 is 19.0 Å². The van der Waals surface area contributed by atoms with E-state index in [4.69, 9.17) is 14.2 Å². The highest BCUT2D eigenvalue weighted by atomic mass is 32.2. The summed E-state index contributed by atoms with van der Waals surface area (Å²) < 4.78 is 16.0. The Kier molecular flexibility index (Phi) is 5.18. The van der Waals surface area contributed by atoms with Crippen molar-refractivity contribution in [2.24, 2.45) is 0 Å². The lowest BCUT2D eigenvalue weighted by atomic mass is 10.1. The van der Waals surface area contributed by atoms with Crippen molar-refractivity contribution in [2.75, 3.05) is 18.6 Å². The molecular formula is C23H20N2O4S. The van der Waals surface area contributed by atoms with E-state index in [0.717, 1.165) is 26.7 Å². The van der Waals surface area contributed by atoms with Gasteiger partial charge in [-0.2, -0.15) is 5.26 Å². The maximum atomic E-state index is 12.4. The second-order valence-electron chi connectivity index (χ2n) is 7.31. The van der Waals surface area contributed by atoms with Crippen molar-refractivity contribution in [3.8, 4) is 6.07 Å². The Morgan fingerprint density at radius 1 is 1.23 bits per heavy atom. The second-order valence-corrected chi connectivity index (χ2v) is 8.39. The summed E-state index contributed by atoms with van der Waals surface area (Å²) in [6.45, 7) is 3.41. The van der Waals surface area contributed by atoms with Gasteiger partial charge >= 0.3 is 5.97 Å². The van der Waals surface area contributed by atoms with Gasteiger partial charge in [-0.15, -0.1) is 0 Å². The molecule has 0 fully saturated rings. The Morgan fingerprint density at radius 2 is 2.00 bits per heavy atom. The van der Waals surface area contributed by atoms with Gasteiger partial charge < -0.3 is 19.1 Å². The van der Waals surface area contributed by atoms with E-state index in [1.54, 1.807) is 25.6 Å². The van der Waals surface area contributed by atoms with Crippen LogP contribution in [-0.2, 0) is 19.0 Å². The number of rotatable bonds is 4. The number of esters is 1. The third-order valence-electron chi connectivity index (χ3n) is 4.64. The summed E-state index contributed by atoms with van der Waals surface area (Å²) in [4.78, 5) is 16.7. The van der Waals surface area contributed by atoms with Crippen LogP contribution in [0, 0.1) is 11.3 Å². The topological polar surface area (TPSA) is 71.8 Å². The molecule has 0 spiro atoms. The molecule has 0 atom stereocenters. The van der Waals surface area contributed by atoms with Gasteiger partial charge in [-0.3, -0.25) is 0 Å². The summed E-state index contributed by atoms with van der Waals surface area (Å²) in [7, 11) is 2.02. The van der Waals surface area contributed by atoms with E-state index in [1.165, 1.54) is 12.3 Å². The fourth-order valence-electron chi connectivity index (χ4n) is 3.20. The van der Waals surface area contributed by atoms with Crippen LogP contribution in [-0.4, -0.2) is 25.4 Å². The van der Waals surface area contributed by atoms with Crippen molar-refractivity contribution in [3.05, 3.63) is 65.6 Å². The van der Waals surface area contributed by atoms with E-state index in [1.807, 2.05) is 43.4 Å². The smallest absolute Gasteiger partial charge is 0.349 e. The van der Waals surface area contributed by atoms with Crippen LogP contribution in [0.5, 0.6) is 0 Å². The molecule has 0 amide bonds. The van der Waals surface area contributed by atoms with Crippen molar-refractivity contribution in [3.63, 3.8) is 0 Å². The first-order valence-corrected chi connectivity index (χ1v) is 10.2. The molecule has 0 bridgehead atoms. The molecule has 0 saturated carbocycles. The summed E-state index contributed by atoms with van der Waals surface area (Å²) in [6.07, 6.45) is 2.95. The van der Waals surface area contributed by atoms with E-state index in [2.05, 4.69) is 17.0 Å². The standard InChI is InChI=1S/C23H20N2O4S/c1-23(2)28-14-17(29-23)13-27-22(26)16(12-24)10-15-8-9-19-21(11-15)30-20-7-5-4-6-18(20)25(19)3/h4-11,14H,13H2,1-3H3. The quantitative estimate of drug-likeness (QED) is 0.392. The Bertz CT molecular complexity index is 1110. The van der Waals surface area contributed by atoms with Gasteiger partial charge in [0.15, 0.2) is 12.4 Å². The minimum atomic E-state index is -0.776. The van der Waals surface area contributed by atoms with Gasteiger partial charge in [0.25, 0.3) is 0 Å². The highest BCUT2D eigenvalue weighted by Gasteiger charge is 2.28. The van der Waals surface area contributed by atoms with Crippen LogP contribution in [0.3, 0.4) is 0 Å². The average Bonchev–Trinajstić information content (AvgIpc) is 3.09. The molecular weight excluding hydrogens is 400 g/mol.